The molecule has 3 aliphatic rings. The van der Waals surface area contributed by atoms with Gasteiger partial charge in [0.15, 0.2) is 0 Å². The van der Waals surface area contributed by atoms with Crippen LogP contribution in [-0.2, 0) is 17.9 Å². The van der Waals surface area contributed by atoms with Crippen LogP contribution in [0.1, 0.15) is 35.9 Å². The molecule has 0 unspecified atom stereocenters. The Bertz CT molecular complexity index is 772. The van der Waals surface area contributed by atoms with Gasteiger partial charge < -0.3 is 9.80 Å². The minimum Gasteiger partial charge on any atom is -0.334 e. The maximum Gasteiger partial charge on any atom is 0.274 e. The lowest BCUT2D eigenvalue weighted by molar-refractivity contribution is -0.140. The Morgan fingerprint density at radius 3 is 2.96 bits per heavy atom. The minimum atomic E-state index is -0.116. The third-order valence-corrected chi connectivity index (χ3v) is 5.72. The number of hydrogen-bond acceptors (Lipinski definition) is 5. The van der Waals surface area contributed by atoms with E-state index in [0.29, 0.717) is 25.3 Å². The standard InChI is InChI=1S/C17H21N5O2S/c1-2-21-6-5-15(19-21)17(24)20-7-12-3-4-14(9-20)22(16(12)23)8-13-10-25-11-18-13/h5-6,10-12,14H,2-4,7-9H2,1H3/t12-,14+/m1/s1. The molecule has 0 radical (unpaired) electrons. The Kier molecular flexibility index (Phi) is 4.29. The molecule has 132 valence electrons. The third kappa shape index (κ3) is 3.06. The van der Waals surface area contributed by atoms with Crippen molar-refractivity contribution < 1.29 is 9.59 Å². The Morgan fingerprint density at radius 2 is 2.24 bits per heavy atom. The van der Waals surface area contributed by atoms with E-state index in [2.05, 4.69) is 10.1 Å². The van der Waals surface area contributed by atoms with Crippen molar-refractivity contribution in [3.63, 3.8) is 0 Å². The largest absolute Gasteiger partial charge is 0.334 e. The predicted octanol–water partition coefficient (Wildman–Crippen LogP) is 1.62. The van der Waals surface area contributed by atoms with Crippen LogP contribution in [0, 0.1) is 5.92 Å². The first-order valence-electron chi connectivity index (χ1n) is 8.66. The van der Waals surface area contributed by atoms with E-state index < -0.39 is 0 Å². The smallest absolute Gasteiger partial charge is 0.274 e. The first kappa shape index (κ1) is 16.3. The molecule has 2 atom stereocenters. The number of aryl methyl sites for hydroxylation is 1. The number of hydrogen-bond donors (Lipinski definition) is 0. The van der Waals surface area contributed by atoms with E-state index in [1.807, 2.05) is 28.3 Å². The second kappa shape index (κ2) is 6.59. The highest BCUT2D eigenvalue weighted by molar-refractivity contribution is 7.07. The van der Waals surface area contributed by atoms with Crippen molar-refractivity contribution in [2.24, 2.45) is 5.92 Å². The van der Waals surface area contributed by atoms with Crippen LogP contribution in [0.5, 0.6) is 0 Å². The number of piperidine rings is 1. The van der Waals surface area contributed by atoms with Gasteiger partial charge in [-0.1, -0.05) is 0 Å². The SMILES string of the molecule is CCn1ccc(C(=O)N2C[C@H]3CC[C@@H](C2)N(Cc2cscn2)C3=O)n1. The quantitative estimate of drug-likeness (QED) is 0.832. The van der Waals surface area contributed by atoms with Gasteiger partial charge in [0.1, 0.15) is 5.69 Å². The van der Waals surface area contributed by atoms with Gasteiger partial charge in [0, 0.05) is 37.3 Å². The number of rotatable bonds is 4. The highest BCUT2D eigenvalue weighted by Gasteiger charge is 2.42. The molecule has 0 N–H and O–H groups in total. The van der Waals surface area contributed by atoms with E-state index in [4.69, 9.17) is 0 Å². The van der Waals surface area contributed by atoms with Crippen molar-refractivity contribution in [1.82, 2.24) is 24.6 Å². The molecule has 2 aromatic heterocycles. The molecule has 5 rings (SSSR count). The minimum absolute atomic E-state index is 0.0603. The van der Waals surface area contributed by atoms with Crippen molar-refractivity contribution >= 4 is 23.2 Å². The third-order valence-electron chi connectivity index (χ3n) is 5.08. The van der Waals surface area contributed by atoms with Crippen LogP contribution in [-0.4, -0.2) is 55.5 Å². The fraction of sp³-hybridized carbons (Fsp3) is 0.529. The molecule has 0 saturated carbocycles. The van der Waals surface area contributed by atoms with E-state index in [-0.39, 0.29) is 23.8 Å². The first-order chi connectivity index (χ1) is 12.2. The fourth-order valence-corrected chi connectivity index (χ4v) is 4.27. The summed E-state index contributed by atoms with van der Waals surface area (Å²) in [5, 5.41) is 6.30. The van der Waals surface area contributed by atoms with Gasteiger partial charge in [0.2, 0.25) is 5.91 Å². The van der Waals surface area contributed by atoms with Gasteiger partial charge in [0.25, 0.3) is 5.91 Å². The zero-order chi connectivity index (χ0) is 17.4. The van der Waals surface area contributed by atoms with Crippen molar-refractivity contribution in [1.29, 1.82) is 0 Å². The van der Waals surface area contributed by atoms with Crippen LogP contribution in [0.4, 0.5) is 0 Å². The van der Waals surface area contributed by atoms with Gasteiger partial charge in [-0.15, -0.1) is 11.3 Å². The number of aromatic nitrogens is 3. The second-order valence-electron chi connectivity index (χ2n) is 6.64. The zero-order valence-corrected chi connectivity index (χ0v) is 15.0. The average molecular weight is 359 g/mol. The van der Waals surface area contributed by atoms with Crippen molar-refractivity contribution in [2.75, 3.05) is 13.1 Å². The Morgan fingerprint density at radius 1 is 1.36 bits per heavy atom. The van der Waals surface area contributed by atoms with Crippen LogP contribution in [0.15, 0.2) is 23.2 Å². The van der Waals surface area contributed by atoms with E-state index in [1.54, 1.807) is 16.3 Å². The molecule has 2 bridgehead atoms. The van der Waals surface area contributed by atoms with Crippen molar-refractivity contribution in [3.05, 3.63) is 34.5 Å². The van der Waals surface area contributed by atoms with Gasteiger partial charge in [-0.25, -0.2) is 4.98 Å². The number of amides is 2. The van der Waals surface area contributed by atoms with Crippen molar-refractivity contribution in [3.8, 4) is 0 Å². The summed E-state index contributed by atoms with van der Waals surface area (Å²) in [6, 6.07) is 1.82. The maximum absolute atomic E-state index is 12.8. The van der Waals surface area contributed by atoms with Gasteiger partial charge in [-0.05, 0) is 25.8 Å². The normalized spacial score (nSPS) is 23.2. The highest BCUT2D eigenvalue weighted by Crippen LogP contribution is 2.31. The summed E-state index contributed by atoms with van der Waals surface area (Å²) in [6.07, 6.45) is 3.61. The van der Waals surface area contributed by atoms with Crippen LogP contribution in [0.3, 0.4) is 0 Å². The zero-order valence-electron chi connectivity index (χ0n) is 14.2. The molecule has 25 heavy (non-hydrogen) atoms. The van der Waals surface area contributed by atoms with Crippen molar-refractivity contribution in [2.45, 2.75) is 38.9 Å². The molecule has 0 spiro atoms. The van der Waals surface area contributed by atoms with E-state index in [0.717, 1.165) is 25.1 Å². The van der Waals surface area contributed by atoms with Crippen LogP contribution in [0.2, 0.25) is 0 Å². The van der Waals surface area contributed by atoms with Gasteiger partial charge in [0.05, 0.1) is 23.7 Å². The molecule has 8 heteroatoms. The number of nitrogens with zero attached hydrogens (tertiary/aromatic N) is 5. The first-order valence-corrected chi connectivity index (χ1v) is 9.60. The van der Waals surface area contributed by atoms with Gasteiger partial charge >= 0.3 is 0 Å². The lowest BCUT2D eigenvalue weighted by atomic mass is 9.94. The maximum atomic E-state index is 12.8. The summed E-state index contributed by atoms with van der Waals surface area (Å²) in [7, 11) is 0. The lowest BCUT2D eigenvalue weighted by Crippen LogP contribution is -2.47. The monoisotopic (exact) mass is 359 g/mol. The second-order valence-corrected chi connectivity index (χ2v) is 7.36. The Hall–Kier alpha value is -2.22. The van der Waals surface area contributed by atoms with E-state index >= 15 is 0 Å². The topological polar surface area (TPSA) is 71.3 Å². The molecule has 0 aliphatic carbocycles. The molecule has 3 fully saturated rings. The van der Waals surface area contributed by atoms with Crippen LogP contribution < -0.4 is 0 Å². The molecule has 0 aromatic carbocycles. The lowest BCUT2D eigenvalue weighted by Gasteiger charge is -2.35. The molecule has 2 aromatic rings. The molecular formula is C17H21N5O2S. The predicted molar refractivity (Wildman–Crippen MR) is 93.0 cm³/mol. The van der Waals surface area contributed by atoms with Gasteiger partial charge in [-0.2, -0.15) is 5.10 Å². The molecule has 2 amide bonds. The van der Waals surface area contributed by atoms with Gasteiger partial charge in [-0.3, -0.25) is 14.3 Å². The number of carbonyl (C=O) groups excluding carboxylic acids is 2. The fourth-order valence-electron chi connectivity index (χ4n) is 3.72. The summed E-state index contributed by atoms with van der Waals surface area (Å²) in [6.45, 7) is 4.32. The summed E-state index contributed by atoms with van der Waals surface area (Å²) in [5.74, 6) is -0.0411. The summed E-state index contributed by atoms with van der Waals surface area (Å²) in [4.78, 5) is 33.7. The molecular weight excluding hydrogens is 338 g/mol. The molecule has 3 saturated heterocycles. The summed E-state index contributed by atoms with van der Waals surface area (Å²) < 4.78 is 1.75. The summed E-state index contributed by atoms with van der Waals surface area (Å²) in [5.41, 5.74) is 3.17. The van der Waals surface area contributed by atoms with E-state index in [9.17, 15) is 9.59 Å². The van der Waals surface area contributed by atoms with Crippen LogP contribution in [0.25, 0.3) is 0 Å². The average Bonchev–Trinajstić information content (AvgIpc) is 3.23. The summed E-state index contributed by atoms with van der Waals surface area (Å²) >= 11 is 1.54. The van der Waals surface area contributed by atoms with E-state index in [1.165, 1.54) is 11.3 Å². The highest BCUT2D eigenvalue weighted by atomic mass is 32.1. The Labute approximate surface area is 150 Å². The number of thiazole rings is 1. The number of carbonyl (C=O) groups is 2. The number of fused-ring (bicyclic) bond motifs is 4. The molecule has 3 aliphatic heterocycles. The Balaban J connectivity index is 1.54. The molecule has 5 heterocycles. The molecule has 7 nitrogen and oxygen atoms in total. The van der Waals surface area contributed by atoms with Crippen LogP contribution >= 0.6 is 11.3 Å².